The molecular formula is C19H16IN3O3. The lowest BCUT2D eigenvalue weighted by Gasteiger charge is -2.20. The van der Waals surface area contributed by atoms with Crippen LogP contribution in [0.15, 0.2) is 75.0 Å². The molecule has 2 aromatic heterocycles. The Labute approximate surface area is 164 Å². The van der Waals surface area contributed by atoms with Crippen LogP contribution in [0, 0.1) is 3.57 Å². The first-order valence-corrected chi connectivity index (χ1v) is 9.25. The molecule has 3 heterocycles. The van der Waals surface area contributed by atoms with Crippen LogP contribution in [-0.2, 0) is 4.79 Å². The zero-order valence-corrected chi connectivity index (χ0v) is 15.9. The van der Waals surface area contributed by atoms with Crippen LogP contribution in [0.5, 0.6) is 0 Å². The molecule has 0 fully saturated rings. The predicted molar refractivity (Wildman–Crippen MR) is 106 cm³/mol. The van der Waals surface area contributed by atoms with Crippen LogP contribution < -0.4 is 5.32 Å². The average Bonchev–Trinajstić information content (AvgIpc) is 3.41. The zero-order valence-electron chi connectivity index (χ0n) is 13.8. The Morgan fingerprint density at radius 2 is 1.96 bits per heavy atom. The van der Waals surface area contributed by atoms with Crippen molar-refractivity contribution in [1.29, 1.82) is 0 Å². The number of hydrogen-bond donors (Lipinski definition) is 1. The number of hydrogen-bond acceptors (Lipinski definition) is 5. The first-order chi connectivity index (χ1) is 12.7. The second-order valence-electron chi connectivity index (χ2n) is 5.83. The second-order valence-corrected chi connectivity index (χ2v) is 6.99. The van der Waals surface area contributed by atoms with Crippen LogP contribution in [0.2, 0.25) is 0 Å². The van der Waals surface area contributed by atoms with E-state index in [1.54, 1.807) is 12.5 Å². The van der Waals surface area contributed by atoms with E-state index in [1.165, 1.54) is 5.01 Å². The van der Waals surface area contributed by atoms with Gasteiger partial charge < -0.3 is 14.2 Å². The number of para-hydroxylation sites is 1. The smallest absolute Gasteiger partial charge is 0.262 e. The lowest BCUT2D eigenvalue weighted by Crippen LogP contribution is -2.32. The standard InChI is InChI=1S/C19H16IN3O3/c20-13-5-1-2-6-14(13)21-12-19(24)23-16(18-8-4-10-26-18)11-15(22-23)17-7-3-9-25-17/h1-10,16,21H,11-12H2. The van der Waals surface area contributed by atoms with E-state index in [0.29, 0.717) is 17.9 Å². The molecule has 0 bridgehead atoms. The summed E-state index contributed by atoms with van der Waals surface area (Å²) in [7, 11) is 0. The summed E-state index contributed by atoms with van der Waals surface area (Å²) in [4.78, 5) is 12.8. The molecular weight excluding hydrogens is 445 g/mol. The molecule has 0 saturated heterocycles. The number of carbonyl (C=O) groups is 1. The monoisotopic (exact) mass is 461 g/mol. The fourth-order valence-corrected chi connectivity index (χ4v) is 3.47. The Morgan fingerprint density at radius 1 is 1.15 bits per heavy atom. The fraction of sp³-hybridized carbons (Fsp3) is 0.158. The van der Waals surface area contributed by atoms with Gasteiger partial charge in [-0.1, -0.05) is 12.1 Å². The normalized spacial score (nSPS) is 16.6. The van der Waals surface area contributed by atoms with Crippen LogP contribution in [-0.4, -0.2) is 23.2 Å². The van der Waals surface area contributed by atoms with Gasteiger partial charge >= 0.3 is 0 Å². The lowest BCUT2D eigenvalue weighted by molar-refractivity contribution is -0.131. The van der Waals surface area contributed by atoms with Crippen molar-refractivity contribution in [3.8, 4) is 0 Å². The van der Waals surface area contributed by atoms with Gasteiger partial charge in [-0.15, -0.1) is 0 Å². The van der Waals surface area contributed by atoms with E-state index in [2.05, 4.69) is 33.0 Å². The number of rotatable bonds is 5. The second kappa shape index (κ2) is 7.36. The number of carbonyl (C=O) groups excluding carboxylic acids is 1. The van der Waals surface area contributed by atoms with E-state index in [1.807, 2.05) is 48.5 Å². The summed E-state index contributed by atoms with van der Waals surface area (Å²) >= 11 is 2.24. The van der Waals surface area contributed by atoms with Gasteiger partial charge in [0.1, 0.15) is 23.3 Å². The summed E-state index contributed by atoms with van der Waals surface area (Å²) in [6.07, 6.45) is 3.76. The molecule has 1 aliphatic rings. The molecule has 0 saturated carbocycles. The summed E-state index contributed by atoms with van der Waals surface area (Å²) in [5.74, 6) is 1.24. The van der Waals surface area contributed by atoms with Gasteiger partial charge in [0.25, 0.3) is 5.91 Å². The summed E-state index contributed by atoms with van der Waals surface area (Å²) in [6.45, 7) is 0.145. The molecule has 132 valence electrons. The molecule has 26 heavy (non-hydrogen) atoms. The minimum Gasteiger partial charge on any atom is -0.467 e. The molecule has 1 atom stereocenters. The van der Waals surface area contributed by atoms with Crippen molar-refractivity contribution in [2.24, 2.45) is 5.10 Å². The molecule has 1 N–H and O–H groups in total. The largest absolute Gasteiger partial charge is 0.467 e. The van der Waals surface area contributed by atoms with Crippen molar-refractivity contribution in [1.82, 2.24) is 5.01 Å². The van der Waals surface area contributed by atoms with Gasteiger partial charge in [-0.3, -0.25) is 4.79 Å². The highest BCUT2D eigenvalue weighted by Crippen LogP contribution is 2.33. The van der Waals surface area contributed by atoms with Crippen molar-refractivity contribution in [3.05, 3.63) is 76.1 Å². The van der Waals surface area contributed by atoms with Gasteiger partial charge in [0.05, 0.1) is 19.1 Å². The molecule has 1 aliphatic heterocycles. The fourth-order valence-electron chi connectivity index (χ4n) is 2.89. The maximum absolute atomic E-state index is 12.8. The molecule has 1 aromatic carbocycles. The van der Waals surface area contributed by atoms with Gasteiger partial charge in [0.2, 0.25) is 0 Å². The minimum absolute atomic E-state index is 0.132. The molecule has 0 radical (unpaired) electrons. The molecule has 3 aromatic rings. The molecule has 7 heteroatoms. The van der Waals surface area contributed by atoms with Gasteiger partial charge in [-0.05, 0) is 59.0 Å². The number of nitrogens with zero attached hydrogens (tertiary/aromatic N) is 2. The summed E-state index contributed by atoms with van der Waals surface area (Å²) < 4.78 is 12.0. The van der Waals surface area contributed by atoms with Gasteiger partial charge in [0.15, 0.2) is 0 Å². The number of benzene rings is 1. The van der Waals surface area contributed by atoms with Crippen molar-refractivity contribution in [2.45, 2.75) is 12.5 Å². The topological polar surface area (TPSA) is 71.0 Å². The zero-order chi connectivity index (χ0) is 17.9. The van der Waals surface area contributed by atoms with E-state index in [9.17, 15) is 4.79 Å². The maximum Gasteiger partial charge on any atom is 0.262 e. The minimum atomic E-state index is -0.269. The summed E-state index contributed by atoms with van der Waals surface area (Å²) in [5, 5.41) is 9.18. The van der Waals surface area contributed by atoms with E-state index in [4.69, 9.17) is 8.83 Å². The van der Waals surface area contributed by atoms with E-state index in [-0.39, 0.29) is 18.5 Å². The number of furan rings is 2. The number of nitrogens with one attached hydrogen (secondary N) is 1. The molecule has 1 unspecified atom stereocenters. The van der Waals surface area contributed by atoms with Crippen LogP contribution in [0.1, 0.15) is 24.0 Å². The molecule has 1 amide bonds. The first-order valence-electron chi connectivity index (χ1n) is 8.17. The van der Waals surface area contributed by atoms with Crippen LogP contribution >= 0.6 is 22.6 Å². The highest BCUT2D eigenvalue weighted by Gasteiger charge is 2.35. The van der Waals surface area contributed by atoms with Gasteiger partial charge in [-0.25, -0.2) is 5.01 Å². The quantitative estimate of drug-likeness (QED) is 0.577. The van der Waals surface area contributed by atoms with Crippen LogP contribution in [0.4, 0.5) is 5.69 Å². The van der Waals surface area contributed by atoms with Gasteiger partial charge in [0, 0.05) is 15.7 Å². The molecule has 0 spiro atoms. The van der Waals surface area contributed by atoms with Crippen molar-refractivity contribution in [2.75, 3.05) is 11.9 Å². The Bertz CT molecular complexity index is 919. The molecule has 6 nitrogen and oxygen atoms in total. The highest BCUT2D eigenvalue weighted by molar-refractivity contribution is 14.1. The summed E-state index contributed by atoms with van der Waals surface area (Å²) in [5.41, 5.74) is 1.66. The van der Waals surface area contributed by atoms with Crippen LogP contribution in [0.3, 0.4) is 0 Å². The predicted octanol–water partition coefficient (Wildman–Crippen LogP) is 4.27. The number of anilines is 1. The Kier molecular flexibility index (Phi) is 4.79. The van der Waals surface area contributed by atoms with Crippen LogP contribution in [0.25, 0.3) is 0 Å². The van der Waals surface area contributed by atoms with E-state index < -0.39 is 0 Å². The first kappa shape index (κ1) is 16.9. The third kappa shape index (κ3) is 3.39. The number of amides is 1. The third-order valence-electron chi connectivity index (χ3n) is 4.15. The number of hydrazone groups is 1. The van der Waals surface area contributed by atoms with Gasteiger partial charge in [-0.2, -0.15) is 5.10 Å². The van der Waals surface area contributed by atoms with E-state index >= 15 is 0 Å². The Hall–Kier alpha value is -2.55. The lowest BCUT2D eigenvalue weighted by atomic mass is 10.1. The van der Waals surface area contributed by atoms with Crippen molar-refractivity contribution < 1.29 is 13.6 Å². The molecule has 4 rings (SSSR count). The van der Waals surface area contributed by atoms with E-state index in [0.717, 1.165) is 15.0 Å². The Morgan fingerprint density at radius 3 is 2.69 bits per heavy atom. The SMILES string of the molecule is O=C(CNc1ccccc1I)N1N=C(c2ccco2)CC1c1ccco1. The summed E-state index contributed by atoms with van der Waals surface area (Å²) in [6, 6.07) is 14.9. The third-order valence-corrected chi connectivity index (χ3v) is 5.09. The number of halogens is 1. The average molecular weight is 461 g/mol. The Balaban J connectivity index is 1.54. The maximum atomic E-state index is 12.8. The molecule has 0 aliphatic carbocycles. The van der Waals surface area contributed by atoms with Crippen molar-refractivity contribution >= 4 is 39.9 Å². The van der Waals surface area contributed by atoms with Crippen molar-refractivity contribution in [3.63, 3.8) is 0 Å². The highest BCUT2D eigenvalue weighted by atomic mass is 127.